The van der Waals surface area contributed by atoms with Crippen molar-refractivity contribution in [2.24, 2.45) is 0 Å². The number of aromatic nitrogens is 1. The fraction of sp³-hybridized carbons (Fsp3) is 0.158. The van der Waals surface area contributed by atoms with Crippen LogP contribution in [0.1, 0.15) is 34.5 Å². The number of ketones is 1. The molecule has 7 heteroatoms. The van der Waals surface area contributed by atoms with Crippen molar-refractivity contribution in [2.45, 2.75) is 19.9 Å². The van der Waals surface area contributed by atoms with Crippen LogP contribution in [0, 0.1) is 17.0 Å². The summed E-state index contributed by atoms with van der Waals surface area (Å²) in [6, 6.07) is 11.4. The number of carbonyl (C=O) groups excluding carboxylic acids is 2. The quantitative estimate of drug-likeness (QED) is 0.318. The van der Waals surface area contributed by atoms with E-state index in [4.69, 9.17) is 0 Å². The molecule has 0 saturated carbocycles. The van der Waals surface area contributed by atoms with Gasteiger partial charge in [0.25, 0.3) is 17.4 Å². The minimum Gasteiger partial charge on any atom is -0.360 e. The topological polar surface area (TPSA) is 105 Å². The Morgan fingerprint density at radius 1 is 1.15 bits per heavy atom. The van der Waals surface area contributed by atoms with Crippen LogP contribution in [0.5, 0.6) is 0 Å². The lowest BCUT2D eigenvalue weighted by atomic mass is 10.0. The number of nitro benzene ring substituents is 1. The van der Waals surface area contributed by atoms with Gasteiger partial charge in [-0.25, -0.2) is 0 Å². The maximum atomic E-state index is 12.5. The number of hydrogen-bond acceptors (Lipinski definition) is 4. The zero-order valence-corrected chi connectivity index (χ0v) is 14.3. The summed E-state index contributed by atoms with van der Waals surface area (Å²) in [5, 5.41) is 14.0. The summed E-state index contributed by atoms with van der Waals surface area (Å²) in [6.45, 7) is 3.75. The van der Waals surface area contributed by atoms with Gasteiger partial charge >= 0.3 is 0 Å². The second-order valence-electron chi connectivity index (χ2n) is 6.12. The van der Waals surface area contributed by atoms with Crippen molar-refractivity contribution >= 4 is 28.3 Å². The number of rotatable bonds is 5. The number of aromatic amines is 1. The summed E-state index contributed by atoms with van der Waals surface area (Å²) in [4.78, 5) is 38.1. The van der Waals surface area contributed by atoms with Crippen molar-refractivity contribution in [3.05, 3.63) is 75.5 Å². The first kappa shape index (κ1) is 17.3. The van der Waals surface area contributed by atoms with Crippen LogP contribution in [0.25, 0.3) is 10.9 Å². The van der Waals surface area contributed by atoms with Crippen molar-refractivity contribution in [2.75, 3.05) is 0 Å². The van der Waals surface area contributed by atoms with Crippen LogP contribution in [0.2, 0.25) is 0 Å². The highest BCUT2D eigenvalue weighted by Crippen LogP contribution is 2.24. The maximum Gasteiger partial charge on any atom is 0.292 e. The highest BCUT2D eigenvalue weighted by molar-refractivity contribution is 6.45. The van der Waals surface area contributed by atoms with Crippen LogP contribution in [0.4, 0.5) is 5.69 Å². The van der Waals surface area contributed by atoms with E-state index in [-0.39, 0.29) is 17.3 Å². The molecule has 0 aliphatic rings. The normalized spacial score (nSPS) is 11.9. The van der Waals surface area contributed by atoms with Crippen LogP contribution in [0.15, 0.2) is 48.7 Å². The molecule has 1 aromatic heterocycles. The van der Waals surface area contributed by atoms with E-state index in [2.05, 4.69) is 10.3 Å². The highest BCUT2D eigenvalue weighted by atomic mass is 16.6. The molecule has 0 fully saturated rings. The summed E-state index contributed by atoms with van der Waals surface area (Å²) in [5.41, 5.74) is 2.50. The minimum absolute atomic E-state index is 0.109. The van der Waals surface area contributed by atoms with Crippen molar-refractivity contribution in [1.82, 2.24) is 10.3 Å². The van der Waals surface area contributed by atoms with Crippen molar-refractivity contribution in [3.8, 4) is 0 Å². The Labute approximate surface area is 149 Å². The summed E-state index contributed by atoms with van der Waals surface area (Å²) in [6.07, 6.45) is 1.40. The number of nitro groups is 1. The predicted molar refractivity (Wildman–Crippen MR) is 97.0 cm³/mol. The van der Waals surface area contributed by atoms with Crippen molar-refractivity contribution in [3.63, 3.8) is 0 Å². The summed E-state index contributed by atoms with van der Waals surface area (Å²) in [5.74, 6) is -1.50. The van der Waals surface area contributed by atoms with E-state index in [9.17, 15) is 19.7 Å². The highest BCUT2D eigenvalue weighted by Gasteiger charge is 2.23. The van der Waals surface area contributed by atoms with Crippen LogP contribution in [-0.4, -0.2) is 21.6 Å². The van der Waals surface area contributed by atoms with E-state index in [1.54, 1.807) is 6.92 Å². The molecule has 1 atom stereocenters. The lowest BCUT2D eigenvalue weighted by molar-refractivity contribution is -0.384. The first-order valence-corrected chi connectivity index (χ1v) is 8.04. The first-order valence-electron chi connectivity index (χ1n) is 8.04. The molecular weight excluding hydrogens is 334 g/mol. The number of H-pyrrole nitrogens is 1. The fourth-order valence-corrected chi connectivity index (χ4v) is 2.73. The molecule has 0 unspecified atom stereocenters. The molecular formula is C19H17N3O4. The minimum atomic E-state index is -0.759. The molecule has 0 saturated heterocycles. The SMILES string of the molecule is Cc1ccc([C@H](C)NC(=O)C(=O)c2c[nH]c3ccc([N+](=O)[O-])cc23)cc1. The molecule has 26 heavy (non-hydrogen) atoms. The second kappa shape index (κ2) is 6.79. The third-order valence-electron chi connectivity index (χ3n) is 4.25. The lowest BCUT2D eigenvalue weighted by Gasteiger charge is -2.13. The Kier molecular flexibility index (Phi) is 4.53. The Morgan fingerprint density at radius 3 is 2.50 bits per heavy atom. The molecule has 0 bridgehead atoms. The van der Waals surface area contributed by atoms with Crippen molar-refractivity contribution in [1.29, 1.82) is 0 Å². The third kappa shape index (κ3) is 3.32. The monoisotopic (exact) mass is 351 g/mol. The second-order valence-corrected chi connectivity index (χ2v) is 6.12. The number of nitrogens with one attached hydrogen (secondary N) is 2. The van der Waals surface area contributed by atoms with E-state index in [1.807, 2.05) is 31.2 Å². The zero-order chi connectivity index (χ0) is 18.8. The van der Waals surface area contributed by atoms with E-state index >= 15 is 0 Å². The standard InChI is InChI=1S/C19H17N3O4/c1-11-3-5-13(6-4-11)12(2)21-19(24)18(23)16-10-20-17-8-7-14(22(25)26)9-15(16)17/h3-10,12,20H,1-2H3,(H,21,24)/t12-/m0/s1. The van der Waals surface area contributed by atoms with Gasteiger partial charge in [-0.15, -0.1) is 0 Å². The molecule has 2 N–H and O–H groups in total. The van der Waals surface area contributed by atoms with Gasteiger partial charge in [0.1, 0.15) is 0 Å². The van der Waals surface area contributed by atoms with Gasteiger partial charge in [0.15, 0.2) is 0 Å². The number of non-ortho nitro benzene ring substituents is 1. The molecule has 3 rings (SSSR count). The number of Topliss-reactive ketones (excluding diaryl/α,β-unsaturated/α-hetero) is 1. The lowest BCUT2D eigenvalue weighted by Crippen LogP contribution is -2.33. The number of carbonyl (C=O) groups is 2. The summed E-state index contributed by atoms with van der Waals surface area (Å²) in [7, 11) is 0. The van der Waals surface area contributed by atoms with Gasteiger partial charge in [0, 0.05) is 29.2 Å². The van der Waals surface area contributed by atoms with E-state index < -0.39 is 16.6 Å². The summed E-state index contributed by atoms with van der Waals surface area (Å²) < 4.78 is 0. The molecule has 0 radical (unpaired) electrons. The summed E-state index contributed by atoms with van der Waals surface area (Å²) >= 11 is 0. The average molecular weight is 351 g/mol. The van der Waals surface area contributed by atoms with Crippen molar-refractivity contribution < 1.29 is 14.5 Å². The van der Waals surface area contributed by atoms with Gasteiger partial charge in [-0.1, -0.05) is 29.8 Å². The molecule has 3 aromatic rings. The smallest absolute Gasteiger partial charge is 0.292 e. The van der Waals surface area contributed by atoms with Crippen LogP contribution < -0.4 is 5.32 Å². The van der Waals surface area contributed by atoms with Gasteiger partial charge in [-0.3, -0.25) is 19.7 Å². The third-order valence-corrected chi connectivity index (χ3v) is 4.25. The molecule has 2 aromatic carbocycles. The maximum absolute atomic E-state index is 12.5. The van der Waals surface area contributed by atoms with Crippen LogP contribution in [-0.2, 0) is 4.79 Å². The Morgan fingerprint density at radius 2 is 1.85 bits per heavy atom. The molecule has 7 nitrogen and oxygen atoms in total. The Balaban J connectivity index is 1.83. The Bertz CT molecular complexity index is 1010. The van der Waals surface area contributed by atoms with Crippen LogP contribution >= 0.6 is 0 Å². The van der Waals surface area contributed by atoms with Gasteiger partial charge in [0.2, 0.25) is 0 Å². The van der Waals surface area contributed by atoms with E-state index in [1.165, 1.54) is 24.4 Å². The predicted octanol–water partition coefficient (Wildman–Crippen LogP) is 3.44. The van der Waals surface area contributed by atoms with Gasteiger partial charge < -0.3 is 10.3 Å². The molecule has 0 aliphatic heterocycles. The number of hydrogen-bond donors (Lipinski definition) is 2. The number of benzene rings is 2. The van der Waals surface area contributed by atoms with E-state index in [0.717, 1.165) is 11.1 Å². The Hall–Kier alpha value is -3.48. The molecule has 1 heterocycles. The number of aryl methyl sites for hydroxylation is 1. The average Bonchev–Trinajstić information content (AvgIpc) is 3.04. The zero-order valence-electron chi connectivity index (χ0n) is 14.3. The number of amides is 1. The van der Waals surface area contributed by atoms with Gasteiger partial charge in [-0.2, -0.15) is 0 Å². The molecule has 1 amide bonds. The molecule has 0 aliphatic carbocycles. The number of nitrogens with zero attached hydrogens (tertiary/aromatic N) is 1. The fourth-order valence-electron chi connectivity index (χ4n) is 2.73. The number of fused-ring (bicyclic) bond motifs is 1. The van der Waals surface area contributed by atoms with Gasteiger partial charge in [-0.05, 0) is 25.5 Å². The van der Waals surface area contributed by atoms with Crippen LogP contribution in [0.3, 0.4) is 0 Å². The van der Waals surface area contributed by atoms with E-state index in [0.29, 0.717) is 10.9 Å². The molecule has 132 valence electrons. The largest absolute Gasteiger partial charge is 0.360 e. The molecule has 0 spiro atoms. The van der Waals surface area contributed by atoms with Gasteiger partial charge in [0.05, 0.1) is 16.5 Å². The first-order chi connectivity index (χ1) is 12.4.